The molecule has 2 aromatic rings. The minimum absolute atomic E-state index is 0.0752. The number of hydrogen-bond donors (Lipinski definition) is 4. The van der Waals surface area contributed by atoms with Gasteiger partial charge in [-0.25, -0.2) is 17.9 Å². The second-order valence-electron chi connectivity index (χ2n) is 5.47. The first-order valence-electron chi connectivity index (χ1n) is 7.99. The van der Waals surface area contributed by atoms with Crippen molar-refractivity contribution in [3.8, 4) is 11.8 Å². The fourth-order valence-electron chi connectivity index (χ4n) is 1.99. The predicted molar refractivity (Wildman–Crippen MR) is 94.9 cm³/mol. The summed E-state index contributed by atoms with van der Waals surface area (Å²) < 4.78 is 32.3. The molecule has 0 bridgehead atoms. The number of benzene rings is 1. The van der Waals surface area contributed by atoms with Gasteiger partial charge in [-0.2, -0.15) is 0 Å². The minimum atomic E-state index is -3.59. The zero-order chi connectivity index (χ0) is 19.9. The molecule has 11 heteroatoms. The van der Waals surface area contributed by atoms with Gasteiger partial charge in [0.05, 0.1) is 18.1 Å². The molecule has 1 aromatic heterocycles. The first-order valence-corrected chi connectivity index (χ1v) is 9.48. The summed E-state index contributed by atoms with van der Waals surface area (Å²) in [5.41, 5.74) is 0.963. The van der Waals surface area contributed by atoms with Crippen LogP contribution in [0.1, 0.15) is 5.56 Å². The number of carbonyl (C=O) groups is 1. The van der Waals surface area contributed by atoms with Crippen molar-refractivity contribution in [2.45, 2.75) is 11.8 Å². The third kappa shape index (κ3) is 6.16. The molecule has 0 saturated carbocycles. The molecule has 27 heavy (non-hydrogen) atoms. The van der Waals surface area contributed by atoms with Crippen LogP contribution < -0.4 is 14.9 Å². The van der Waals surface area contributed by atoms with E-state index >= 15 is 0 Å². The lowest BCUT2D eigenvalue weighted by molar-refractivity contribution is 0.101. The zero-order valence-electron chi connectivity index (χ0n) is 14.6. The van der Waals surface area contributed by atoms with Crippen LogP contribution >= 0.6 is 0 Å². The Hall–Kier alpha value is -2.76. The normalized spacial score (nSPS) is 11.3. The van der Waals surface area contributed by atoms with Crippen LogP contribution in [0.2, 0.25) is 0 Å². The van der Waals surface area contributed by atoms with Crippen LogP contribution in [-0.4, -0.2) is 55.8 Å². The highest BCUT2D eigenvalue weighted by Gasteiger charge is 2.13. The summed E-state index contributed by atoms with van der Waals surface area (Å²) in [5, 5.41) is 21.0. The molecule has 1 amide bonds. The van der Waals surface area contributed by atoms with Crippen LogP contribution in [0.25, 0.3) is 0 Å². The molecule has 1 aromatic carbocycles. The molecule has 4 N–H and O–H groups in total. The Balaban J connectivity index is 1.60. The highest BCUT2D eigenvalue weighted by atomic mass is 32.2. The number of aromatic hydroxyl groups is 2. The van der Waals surface area contributed by atoms with E-state index in [1.54, 1.807) is 12.1 Å². The quantitative estimate of drug-likeness (QED) is 0.446. The molecule has 0 saturated heterocycles. The van der Waals surface area contributed by atoms with Crippen molar-refractivity contribution in [1.29, 1.82) is 0 Å². The second kappa shape index (κ2) is 9.26. The number of rotatable bonds is 9. The molecule has 0 fully saturated rings. The Labute approximate surface area is 156 Å². The Morgan fingerprint density at radius 3 is 2.26 bits per heavy atom. The van der Waals surface area contributed by atoms with E-state index < -0.39 is 27.9 Å². The largest absolute Gasteiger partial charge is 0.492 e. The van der Waals surface area contributed by atoms with Gasteiger partial charge < -0.3 is 25.1 Å². The number of aromatic nitrogens is 1. The number of nitrogens with one attached hydrogen (secondary N) is 2. The summed E-state index contributed by atoms with van der Waals surface area (Å²) in [6.07, 6.45) is -0.902. The van der Waals surface area contributed by atoms with Gasteiger partial charge in [-0.15, -0.1) is 4.73 Å². The van der Waals surface area contributed by atoms with E-state index in [4.69, 9.17) is 4.74 Å². The van der Waals surface area contributed by atoms with Gasteiger partial charge in [0.15, 0.2) is 0 Å². The molecule has 0 aliphatic heterocycles. The van der Waals surface area contributed by atoms with Crippen molar-refractivity contribution in [3.05, 3.63) is 42.0 Å². The third-order valence-corrected chi connectivity index (χ3v) is 4.83. The van der Waals surface area contributed by atoms with Gasteiger partial charge in [-0.05, 0) is 19.1 Å². The van der Waals surface area contributed by atoms with Crippen molar-refractivity contribution in [1.82, 2.24) is 14.8 Å². The Morgan fingerprint density at radius 1 is 1.04 bits per heavy atom. The number of hydrogen-bond acceptors (Lipinski definition) is 7. The maximum atomic E-state index is 12.0. The molecule has 10 nitrogen and oxygen atoms in total. The first kappa shape index (κ1) is 20.6. The molecule has 0 unspecified atom stereocenters. The SMILES string of the molecule is Cc1ccc(S(=O)(=O)NCCOCCNC(=O)On2c(O)ccc2O)cc1. The van der Waals surface area contributed by atoms with E-state index in [1.165, 1.54) is 12.1 Å². The van der Waals surface area contributed by atoms with Crippen LogP contribution in [-0.2, 0) is 14.8 Å². The van der Waals surface area contributed by atoms with Gasteiger partial charge in [0.1, 0.15) is 0 Å². The van der Waals surface area contributed by atoms with Gasteiger partial charge >= 0.3 is 6.09 Å². The Morgan fingerprint density at radius 2 is 1.63 bits per heavy atom. The lowest BCUT2D eigenvalue weighted by Gasteiger charge is -2.09. The fourth-order valence-corrected chi connectivity index (χ4v) is 3.00. The standard InChI is InChI=1S/C16H21N3O7S/c1-12-2-4-13(5-3-12)27(23,24)18-9-11-25-10-8-17-16(22)26-19-14(20)6-7-15(19)21/h2-7,18,20-21H,8-11H2,1H3,(H,17,22). The smallest absolute Gasteiger partial charge is 0.432 e. The van der Waals surface area contributed by atoms with Crippen molar-refractivity contribution in [3.63, 3.8) is 0 Å². The highest BCUT2D eigenvalue weighted by Crippen LogP contribution is 2.18. The Kier molecular flexibility index (Phi) is 7.05. The van der Waals surface area contributed by atoms with Crippen LogP contribution in [0.3, 0.4) is 0 Å². The summed E-state index contributed by atoms with van der Waals surface area (Å²) in [4.78, 5) is 16.3. The molecular formula is C16H21N3O7S. The van der Waals surface area contributed by atoms with E-state index in [9.17, 15) is 23.4 Å². The van der Waals surface area contributed by atoms with Gasteiger partial charge in [0.2, 0.25) is 21.8 Å². The lowest BCUT2D eigenvalue weighted by atomic mass is 10.2. The molecule has 0 radical (unpaired) electrons. The summed E-state index contributed by atoms with van der Waals surface area (Å²) >= 11 is 0. The highest BCUT2D eigenvalue weighted by molar-refractivity contribution is 7.89. The maximum Gasteiger partial charge on any atom is 0.432 e. The van der Waals surface area contributed by atoms with E-state index in [1.807, 2.05) is 6.92 Å². The fraction of sp³-hybridized carbons (Fsp3) is 0.312. The lowest BCUT2D eigenvalue weighted by Crippen LogP contribution is -2.34. The minimum Gasteiger partial charge on any atom is -0.492 e. The van der Waals surface area contributed by atoms with Gasteiger partial charge in [0, 0.05) is 25.2 Å². The molecule has 0 spiro atoms. The molecule has 148 valence electrons. The van der Waals surface area contributed by atoms with Crippen LogP contribution in [0.4, 0.5) is 4.79 Å². The molecule has 0 aliphatic carbocycles. The average molecular weight is 399 g/mol. The number of sulfonamides is 1. The maximum absolute atomic E-state index is 12.0. The molecule has 0 aliphatic rings. The van der Waals surface area contributed by atoms with E-state index in [-0.39, 0.29) is 31.2 Å². The molecule has 1 heterocycles. The number of carbonyl (C=O) groups excluding carboxylic acids is 1. The van der Waals surface area contributed by atoms with Crippen LogP contribution in [0.15, 0.2) is 41.3 Å². The van der Waals surface area contributed by atoms with Crippen molar-refractivity contribution in [2.75, 3.05) is 26.3 Å². The third-order valence-electron chi connectivity index (χ3n) is 3.36. The van der Waals surface area contributed by atoms with E-state index in [2.05, 4.69) is 14.9 Å². The summed E-state index contributed by atoms with van der Waals surface area (Å²) in [7, 11) is -3.59. The van der Waals surface area contributed by atoms with Crippen LogP contribution in [0, 0.1) is 6.92 Å². The van der Waals surface area contributed by atoms with Crippen molar-refractivity contribution < 1.29 is 33.0 Å². The van der Waals surface area contributed by atoms with E-state index in [0.717, 1.165) is 17.7 Å². The van der Waals surface area contributed by atoms with Crippen molar-refractivity contribution in [2.24, 2.45) is 0 Å². The van der Waals surface area contributed by atoms with E-state index in [0.29, 0.717) is 4.73 Å². The topological polar surface area (TPSA) is 139 Å². The number of amides is 1. The number of nitrogens with zero attached hydrogens (tertiary/aromatic N) is 1. The average Bonchev–Trinajstić information content (AvgIpc) is 2.93. The Bertz CT molecular complexity index is 843. The van der Waals surface area contributed by atoms with Gasteiger partial charge in [-0.3, -0.25) is 0 Å². The van der Waals surface area contributed by atoms with Gasteiger partial charge in [0.25, 0.3) is 0 Å². The van der Waals surface area contributed by atoms with Gasteiger partial charge in [-0.1, -0.05) is 17.7 Å². The summed E-state index contributed by atoms with van der Waals surface area (Å²) in [6, 6.07) is 8.78. The summed E-state index contributed by atoms with van der Waals surface area (Å²) in [6.45, 7) is 2.26. The number of aryl methyl sites for hydroxylation is 1. The first-order chi connectivity index (χ1) is 12.8. The summed E-state index contributed by atoms with van der Waals surface area (Å²) in [5.74, 6) is -0.862. The molecule has 2 rings (SSSR count). The zero-order valence-corrected chi connectivity index (χ0v) is 15.4. The number of ether oxygens (including phenoxy) is 1. The second-order valence-corrected chi connectivity index (χ2v) is 7.24. The molecular weight excluding hydrogens is 378 g/mol. The molecule has 0 atom stereocenters. The monoisotopic (exact) mass is 399 g/mol. The van der Waals surface area contributed by atoms with Crippen molar-refractivity contribution >= 4 is 16.1 Å². The predicted octanol–water partition coefficient (Wildman–Crippen LogP) is 0.341. The van der Waals surface area contributed by atoms with Crippen LogP contribution in [0.5, 0.6) is 11.8 Å².